The summed E-state index contributed by atoms with van der Waals surface area (Å²) in [5.74, 6) is 0. The molecule has 3 rings (SSSR count). The topological polar surface area (TPSA) is 95.7 Å². The van der Waals surface area contributed by atoms with E-state index in [4.69, 9.17) is 21.7 Å². The molecule has 0 atom stereocenters. The average molecular weight is 405 g/mol. The lowest BCUT2D eigenvalue weighted by Gasteiger charge is -2.26. The first-order chi connectivity index (χ1) is 13.0. The summed E-state index contributed by atoms with van der Waals surface area (Å²) in [6.45, 7) is 0.844. The van der Waals surface area contributed by atoms with E-state index in [1.165, 1.54) is 16.4 Å². The number of piperidine rings is 1. The van der Waals surface area contributed by atoms with Gasteiger partial charge < -0.3 is 4.84 Å². The first-order valence-corrected chi connectivity index (χ1v) is 10.1. The summed E-state index contributed by atoms with van der Waals surface area (Å²) in [7, 11) is -3.54. The molecule has 2 heterocycles. The van der Waals surface area contributed by atoms with Crippen LogP contribution in [0.15, 0.2) is 52.6 Å². The number of pyridine rings is 1. The number of benzene rings is 1. The molecule has 0 radical (unpaired) electrons. The van der Waals surface area contributed by atoms with Crippen LogP contribution in [-0.2, 0) is 21.5 Å². The van der Waals surface area contributed by atoms with Crippen molar-refractivity contribution in [2.75, 3.05) is 13.1 Å². The van der Waals surface area contributed by atoms with Crippen molar-refractivity contribution in [3.63, 3.8) is 0 Å². The standard InChI is InChI=1S/C18H17ClN4O3S/c19-15-1-3-18(4-2-15)27(24,25)23-9-6-16(7-10-23)22-26-13-17-11-14(12-20)5-8-21-17/h1-5,8,11H,6-7,9-10,13H2. The van der Waals surface area contributed by atoms with Crippen LogP contribution in [0.4, 0.5) is 0 Å². The molecule has 0 saturated carbocycles. The van der Waals surface area contributed by atoms with Gasteiger partial charge in [0.25, 0.3) is 0 Å². The Kier molecular flexibility index (Phi) is 6.06. The third kappa shape index (κ3) is 4.83. The Bertz CT molecular complexity index is 974. The number of nitriles is 1. The lowest BCUT2D eigenvalue weighted by Crippen LogP contribution is -2.38. The molecule has 0 spiro atoms. The van der Waals surface area contributed by atoms with Crippen molar-refractivity contribution in [2.45, 2.75) is 24.3 Å². The van der Waals surface area contributed by atoms with E-state index in [1.54, 1.807) is 30.5 Å². The summed E-state index contributed by atoms with van der Waals surface area (Å²) < 4.78 is 26.7. The Balaban J connectivity index is 1.56. The maximum Gasteiger partial charge on any atom is 0.243 e. The molecule has 2 aromatic rings. The molecule has 1 aromatic heterocycles. The Morgan fingerprint density at radius 3 is 2.59 bits per heavy atom. The highest BCUT2D eigenvalue weighted by atomic mass is 35.5. The largest absolute Gasteiger partial charge is 0.389 e. The maximum absolute atomic E-state index is 12.6. The van der Waals surface area contributed by atoms with Crippen LogP contribution in [0.2, 0.25) is 5.02 Å². The first-order valence-electron chi connectivity index (χ1n) is 8.27. The second kappa shape index (κ2) is 8.48. The van der Waals surface area contributed by atoms with E-state index >= 15 is 0 Å². The number of rotatable bonds is 5. The second-order valence-electron chi connectivity index (χ2n) is 5.94. The van der Waals surface area contributed by atoms with Gasteiger partial charge in [0.2, 0.25) is 10.0 Å². The van der Waals surface area contributed by atoms with E-state index in [1.807, 2.05) is 6.07 Å². The number of aromatic nitrogens is 1. The van der Waals surface area contributed by atoms with Gasteiger partial charge in [-0.1, -0.05) is 16.8 Å². The SMILES string of the molecule is N#Cc1ccnc(CON=C2CCN(S(=O)(=O)c3ccc(Cl)cc3)CC2)c1. The van der Waals surface area contributed by atoms with Gasteiger partial charge in [-0.05, 0) is 36.4 Å². The summed E-state index contributed by atoms with van der Waals surface area (Å²) >= 11 is 5.82. The molecule has 1 fully saturated rings. The van der Waals surface area contributed by atoms with Gasteiger partial charge >= 0.3 is 0 Å². The van der Waals surface area contributed by atoms with Crippen LogP contribution in [0.1, 0.15) is 24.1 Å². The normalized spacial score (nSPS) is 15.2. The molecule has 1 aliphatic rings. The van der Waals surface area contributed by atoms with Crippen molar-refractivity contribution in [2.24, 2.45) is 5.16 Å². The second-order valence-corrected chi connectivity index (χ2v) is 8.31. The maximum atomic E-state index is 12.6. The number of halogens is 1. The molecule has 1 saturated heterocycles. The van der Waals surface area contributed by atoms with Crippen molar-refractivity contribution in [3.8, 4) is 6.07 Å². The van der Waals surface area contributed by atoms with Crippen LogP contribution in [0.5, 0.6) is 0 Å². The van der Waals surface area contributed by atoms with Crippen LogP contribution in [0.25, 0.3) is 0 Å². The van der Waals surface area contributed by atoms with Crippen molar-refractivity contribution in [3.05, 3.63) is 58.9 Å². The van der Waals surface area contributed by atoms with Crippen LogP contribution in [0, 0.1) is 11.3 Å². The van der Waals surface area contributed by atoms with Gasteiger partial charge in [-0.25, -0.2) is 8.42 Å². The van der Waals surface area contributed by atoms with Crippen molar-refractivity contribution < 1.29 is 13.3 Å². The van der Waals surface area contributed by atoms with Crippen LogP contribution >= 0.6 is 11.6 Å². The summed E-state index contributed by atoms with van der Waals surface area (Å²) in [6, 6.07) is 11.4. The van der Waals surface area contributed by atoms with Gasteiger partial charge in [-0.3, -0.25) is 4.98 Å². The van der Waals surface area contributed by atoms with Crippen molar-refractivity contribution in [1.82, 2.24) is 9.29 Å². The highest BCUT2D eigenvalue weighted by Gasteiger charge is 2.28. The molecule has 0 amide bonds. The molecule has 7 nitrogen and oxygen atoms in total. The summed E-state index contributed by atoms with van der Waals surface area (Å²) in [5, 5.41) is 13.5. The quantitative estimate of drug-likeness (QED) is 0.714. The zero-order valence-corrected chi connectivity index (χ0v) is 15.9. The Labute approximate surface area is 162 Å². The third-order valence-electron chi connectivity index (χ3n) is 4.10. The van der Waals surface area contributed by atoms with Crippen LogP contribution < -0.4 is 0 Å². The molecular formula is C18H17ClN4O3S. The van der Waals surface area contributed by atoms with Crippen LogP contribution in [0.3, 0.4) is 0 Å². The van der Waals surface area contributed by atoms with E-state index in [2.05, 4.69) is 10.1 Å². The lowest BCUT2D eigenvalue weighted by atomic mass is 10.1. The monoisotopic (exact) mass is 404 g/mol. The fourth-order valence-electron chi connectivity index (χ4n) is 2.65. The van der Waals surface area contributed by atoms with E-state index in [-0.39, 0.29) is 11.5 Å². The first kappa shape index (κ1) is 19.3. The molecule has 140 valence electrons. The molecule has 9 heteroatoms. The van der Waals surface area contributed by atoms with Gasteiger partial charge in [-0.15, -0.1) is 0 Å². The molecule has 1 aliphatic heterocycles. The third-order valence-corrected chi connectivity index (χ3v) is 6.27. The summed E-state index contributed by atoms with van der Waals surface area (Å²) in [4.78, 5) is 9.65. The molecule has 0 N–H and O–H groups in total. The Morgan fingerprint density at radius 2 is 1.93 bits per heavy atom. The molecule has 27 heavy (non-hydrogen) atoms. The summed E-state index contributed by atoms with van der Waals surface area (Å²) in [6.07, 6.45) is 2.54. The van der Waals surface area contributed by atoms with Crippen LogP contribution in [-0.4, -0.2) is 36.5 Å². The minimum atomic E-state index is -3.54. The number of oxime groups is 1. The Hall–Kier alpha value is -2.47. The molecule has 1 aromatic carbocycles. The van der Waals surface area contributed by atoms with Crippen molar-refractivity contribution in [1.29, 1.82) is 5.26 Å². The fourth-order valence-corrected chi connectivity index (χ4v) is 4.22. The molecule has 0 bridgehead atoms. The summed E-state index contributed by atoms with van der Waals surface area (Å²) in [5.41, 5.74) is 1.92. The highest BCUT2D eigenvalue weighted by Crippen LogP contribution is 2.21. The zero-order valence-electron chi connectivity index (χ0n) is 14.4. The lowest BCUT2D eigenvalue weighted by molar-refractivity contribution is 0.125. The smallest absolute Gasteiger partial charge is 0.243 e. The van der Waals surface area contributed by atoms with Crippen molar-refractivity contribution >= 4 is 27.3 Å². The minimum Gasteiger partial charge on any atom is -0.389 e. The van der Waals surface area contributed by atoms with Gasteiger partial charge in [0.15, 0.2) is 6.61 Å². The number of sulfonamides is 1. The molecular weight excluding hydrogens is 388 g/mol. The van der Waals surface area contributed by atoms with Gasteiger partial charge in [0.1, 0.15) is 0 Å². The number of hydrogen-bond donors (Lipinski definition) is 0. The number of hydrogen-bond acceptors (Lipinski definition) is 6. The predicted molar refractivity (Wildman–Crippen MR) is 101 cm³/mol. The number of nitrogens with zero attached hydrogens (tertiary/aromatic N) is 4. The highest BCUT2D eigenvalue weighted by molar-refractivity contribution is 7.89. The Morgan fingerprint density at radius 1 is 1.22 bits per heavy atom. The van der Waals surface area contributed by atoms with E-state index in [0.717, 1.165) is 5.71 Å². The van der Waals surface area contributed by atoms with Gasteiger partial charge in [0.05, 0.1) is 27.9 Å². The van der Waals surface area contributed by atoms with E-state index in [9.17, 15) is 8.42 Å². The van der Waals surface area contributed by atoms with Gasteiger partial charge in [0, 0.05) is 37.2 Å². The molecule has 0 unspecified atom stereocenters. The predicted octanol–water partition coefficient (Wildman–Crippen LogP) is 2.96. The van der Waals surface area contributed by atoms with E-state index in [0.29, 0.717) is 42.2 Å². The average Bonchev–Trinajstić information content (AvgIpc) is 2.69. The van der Waals surface area contributed by atoms with E-state index < -0.39 is 10.0 Å². The zero-order chi connectivity index (χ0) is 19.3. The minimum absolute atomic E-state index is 0.159. The molecule has 0 aliphatic carbocycles. The van der Waals surface area contributed by atoms with Gasteiger partial charge in [-0.2, -0.15) is 9.57 Å². The fraction of sp³-hybridized carbons (Fsp3) is 0.278.